The molecule has 0 amide bonds. The largest absolute Gasteiger partial charge is 0.435 e. The first-order valence-corrected chi connectivity index (χ1v) is 9.38. The third kappa shape index (κ3) is 7.33. The average molecular weight is 521 g/mol. The van der Waals surface area contributed by atoms with Crippen molar-refractivity contribution >= 4 is 35.6 Å². The fourth-order valence-electron chi connectivity index (χ4n) is 3.16. The van der Waals surface area contributed by atoms with Crippen molar-refractivity contribution in [3.63, 3.8) is 0 Å². The predicted octanol–water partition coefficient (Wildman–Crippen LogP) is 3.62. The van der Waals surface area contributed by atoms with Crippen LogP contribution in [-0.4, -0.2) is 43.4 Å². The van der Waals surface area contributed by atoms with Crippen molar-refractivity contribution in [2.45, 2.75) is 39.0 Å². The van der Waals surface area contributed by atoms with Crippen LogP contribution in [0.15, 0.2) is 46.1 Å². The summed E-state index contributed by atoms with van der Waals surface area (Å²) < 4.78 is 33.8. The predicted molar refractivity (Wildman–Crippen MR) is 118 cm³/mol. The molecule has 0 spiro atoms. The molecule has 1 aromatic carbocycles. The second kappa shape index (κ2) is 11.8. The van der Waals surface area contributed by atoms with Crippen LogP contribution in [-0.2, 0) is 6.54 Å². The number of ether oxygens (including phenoxy) is 1. The number of piperidine rings is 1. The van der Waals surface area contributed by atoms with E-state index < -0.39 is 6.61 Å². The first-order chi connectivity index (χ1) is 13.6. The average Bonchev–Trinajstić information content (AvgIpc) is 3.20. The van der Waals surface area contributed by atoms with E-state index in [-0.39, 0.29) is 35.8 Å². The van der Waals surface area contributed by atoms with Gasteiger partial charge in [-0.1, -0.05) is 5.16 Å². The molecule has 2 aromatic rings. The van der Waals surface area contributed by atoms with Gasteiger partial charge in [0.25, 0.3) is 0 Å². The Morgan fingerprint density at radius 3 is 2.79 bits per heavy atom. The molecule has 29 heavy (non-hydrogen) atoms. The van der Waals surface area contributed by atoms with Crippen LogP contribution in [0.2, 0.25) is 0 Å². The molecule has 0 bridgehead atoms. The Labute approximate surface area is 185 Å². The van der Waals surface area contributed by atoms with E-state index in [9.17, 15) is 8.78 Å². The molecular formula is C19H26F2IN5O2. The van der Waals surface area contributed by atoms with Crippen molar-refractivity contribution < 1.29 is 18.0 Å². The quantitative estimate of drug-likeness (QED) is 0.330. The van der Waals surface area contributed by atoms with Crippen molar-refractivity contribution in [1.82, 2.24) is 15.8 Å². The van der Waals surface area contributed by atoms with Gasteiger partial charge in [0.15, 0.2) is 5.96 Å². The van der Waals surface area contributed by atoms with E-state index >= 15 is 0 Å². The highest BCUT2D eigenvalue weighted by Crippen LogP contribution is 2.23. The van der Waals surface area contributed by atoms with E-state index in [1.807, 2.05) is 19.1 Å². The summed E-state index contributed by atoms with van der Waals surface area (Å²) in [5, 5.41) is 10.6. The zero-order chi connectivity index (χ0) is 19.8. The Hall–Kier alpha value is -2.11. The molecule has 1 saturated heterocycles. The molecule has 10 heteroatoms. The molecule has 1 unspecified atom stereocenters. The van der Waals surface area contributed by atoms with E-state index in [1.54, 1.807) is 18.2 Å². The van der Waals surface area contributed by atoms with Crippen LogP contribution in [0.1, 0.15) is 25.5 Å². The van der Waals surface area contributed by atoms with Crippen molar-refractivity contribution in [3.05, 3.63) is 42.3 Å². The standard InChI is InChI=1S/C19H25F2N5O2.HI/c1-2-22-19(23-12-14-9-11-27-25-14)24-15-4-3-10-26(13-15)16-5-7-17(8-6-16)28-18(20)21;/h5-9,11,15,18H,2-4,10,12-13H2,1H3,(H2,22,23,24);1H. The summed E-state index contributed by atoms with van der Waals surface area (Å²) in [6.07, 6.45) is 3.58. The molecule has 1 aromatic heterocycles. The van der Waals surface area contributed by atoms with E-state index in [0.29, 0.717) is 6.54 Å². The molecule has 1 aliphatic rings. The summed E-state index contributed by atoms with van der Waals surface area (Å²) >= 11 is 0. The summed E-state index contributed by atoms with van der Waals surface area (Å²) in [6.45, 7) is 2.11. The maximum Gasteiger partial charge on any atom is 0.387 e. The van der Waals surface area contributed by atoms with Gasteiger partial charge >= 0.3 is 6.61 Å². The number of anilines is 1. The molecule has 3 rings (SSSR count). The van der Waals surface area contributed by atoms with Crippen LogP contribution in [0.25, 0.3) is 0 Å². The van der Waals surface area contributed by atoms with Crippen LogP contribution >= 0.6 is 24.0 Å². The minimum Gasteiger partial charge on any atom is -0.435 e. The number of rotatable bonds is 7. The number of hydrogen-bond donors (Lipinski definition) is 2. The highest BCUT2D eigenvalue weighted by Gasteiger charge is 2.21. The number of alkyl halides is 2. The third-order valence-corrected chi connectivity index (χ3v) is 4.42. The molecule has 0 radical (unpaired) electrons. The number of nitrogens with zero attached hydrogens (tertiary/aromatic N) is 3. The van der Waals surface area contributed by atoms with Crippen LogP contribution in [0.4, 0.5) is 14.5 Å². The molecule has 2 heterocycles. The van der Waals surface area contributed by atoms with Gasteiger partial charge in [-0.2, -0.15) is 8.78 Å². The van der Waals surface area contributed by atoms with Crippen molar-refractivity contribution in [2.24, 2.45) is 4.99 Å². The van der Waals surface area contributed by atoms with Crippen LogP contribution in [0.3, 0.4) is 0 Å². The lowest BCUT2D eigenvalue weighted by Crippen LogP contribution is -2.51. The number of benzene rings is 1. The Bertz CT molecular complexity index is 744. The second-order valence-corrected chi connectivity index (χ2v) is 6.49. The first kappa shape index (κ1) is 23.2. The summed E-state index contributed by atoms with van der Waals surface area (Å²) in [5.41, 5.74) is 1.76. The van der Waals surface area contributed by atoms with Gasteiger partial charge in [-0.3, -0.25) is 0 Å². The fraction of sp³-hybridized carbons (Fsp3) is 0.474. The molecule has 0 saturated carbocycles. The number of hydrogen-bond acceptors (Lipinski definition) is 5. The number of halogens is 3. The van der Waals surface area contributed by atoms with Crippen molar-refractivity contribution in [3.8, 4) is 5.75 Å². The Morgan fingerprint density at radius 1 is 1.34 bits per heavy atom. The molecule has 1 fully saturated rings. The normalized spacial score (nSPS) is 17.0. The summed E-state index contributed by atoms with van der Waals surface area (Å²) in [6, 6.07) is 8.77. The molecule has 2 N–H and O–H groups in total. The Kier molecular flexibility index (Phi) is 9.42. The zero-order valence-electron chi connectivity index (χ0n) is 16.2. The van der Waals surface area contributed by atoms with Crippen molar-refractivity contribution in [1.29, 1.82) is 0 Å². The minimum absolute atomic E-state index is 0. The van der Waals surface area contributed by atoms with Gasteiger partial charge in [0.1, 0.15) is 17.7 Å². The van der Waals surface area contributed by atoms with E-state index in [1.165, 1.54) is 6.26 Å². The van der Waals surface area contributed by atoms with Gasteiger partial charge in [-0.25, -0.2) is 4.99 Å². The Balaban J connectivity index is 0.00000300. The smallest absolute Gasteiger partial charge is 0.387 e. The summed E-state index contributed by atoms with van der Waals surface area (Å²) in [4.78, 5) is 6.78. The van der Waals surface area contributed by atoms with Crippen LogP contribution < -0.4 is 20.3 Å². The lowest BCUT2D eigenvalue weighted by molar-refractivity contribution is -0.0498. The Morgan fingerprint density at radius 2 is 2.14 bits per heavy atom. The van der Waals surface area contributed by atoms with E-state index in [0.717, 1.165) is 49.8 Å². The molecule has 1 atom stereocenters. The number of nitrogens with one attached hydrogen (secondary N) is 2. The van der Waals surface area contributed by atoms with Crippen molar-refractivity contribution in [2.75, 3.05) is 24.5 Å². The maximum atomic E-state index is 12.3. The topological polar surface area (TPSA) is 74.9 Å². The number of aromatic nitrogens is 1. The van der Waals surface area contributed by atoms with Gasteiger partial charge in [0.05, 0.1) is 6.54 Å². The van der Waals surface area contributed by atoms with E-state index in [4.69, 9.17) is 4.52 Å². The third-order valence-electron chi connectivity index (χ3n) is 4.42. The monoisotopic (exact) mass is 521 g/mol. The summed E-state index contributed by atoms with van der Waals surface area (Å²) in [5.74, 6) is 0.901. The van der Waals surface area contributed by atoms with E-state index in [2.05, 4.69) is 30.4 Å². The van der Waals surface area contributed by atoms with Gasteiger partial charge < -0.3 is 24.8 Å². The first-order valence-electron chi connectivity index (χ1n) is 9.38. The number of guanidine groups is 1. The lowest BCUT2D eigenvalue weighted by Gasteiger charge is -2.35. The van der Waals surface area contributed by atoms with Crippen LogP contribution in [0.5, 0.6) is 5.75 Å². The highest BCUT2D eigenvalue weighted by atomic mass is 127. The molecule has 160 valence electrons. The maximum absolute atomic E-state index is 12.3. The SMILES string of the molecule is CCNC(=NCc1ccon1)NC1CCCN(c2ccc(OC(F)F)cc2)C1.I. The fourth-order valence-corrected chi connectivity index (χ4v) is 3.16. The highest BCUT2D eigenvalue weighted by molar-refractivity contribution is 14.0. The molecular weight excluding hydrogens is 495 g/mol. The second-order valence-electron chi connectivity index (χ2n) is 6.49. The summed E-state index contributed by atoms with van der Waals surface area (Å²) in [7, 11) is 0. The molecule has 0 aliphatic carbocycles. The lowest BCUT2D eigenvalue weighted by atomic mass is 10.0. The van der Waals surface area contributed by atoms with Gasteiger partial charge in [0, 0.05) is 37.4 Å². The number of aliphatic imine (C=N–C) groups is 1. The van der Waals surface area contributed by atoms with Gasteiger partial charge in [0.2, 0.25) is 0 Å². The zero-order valence-corrected chi connectivity index (χ0v) is 18.5. The minimum atomic E-state index is -2.81. The van der Waals surface area contributed by atoms with Gasteiger partial charge in [-0.15, -0.1) is 24.0 Å². The molecule has 1 aliphatic heterocycles. The molecule has 7 nitrogen and oxygen atoms in total. The van der Waals surface area contributed by atoms with Crippen LogP contribution in [0, 0.1) is 0 Å². The van der Waals surface area contributed by atoms with Gasteiger partial charge in [-0.05, 0) is 44.0 Å².